The molecule has 1 aromatic carbocycles. The molecule has 0 radical (unpaired) electrons. The zero-order valence-electron chi connectivity index (χ0n) is 9.18. The number of nitrogen functional groups attached to an aromatic ring is 1. The van der Waals surface area contributed by atoms with E-state index in [0.717, 1.165) is 12.1 Å². The normalized spacial score (nSPS) is 12.6. The van der Waals surface area contributed by atoms with E-state index in [1.54, 1.807) is 6.07 Å². The number of benzene rings is 1. The molecular weight excluding hydrogens is 285 g/mol. The molecule has 2 rings (SSSR count). The number of hydrogen-bond acceptors (Lipinski definition) is 5. The lowest BCUT2D eigenvalue weighted by molar-refractivity contribution is -0.0500. The van der Waals surface area contributed by atoms with Crippen LogP contribution in [0.4, 0.5) is 19.0 Å². The summed E-state index contributed by atoms with van der Waals surface area (Å²) in [4.78, 5) is 3.74. The summed E-state index contributed by atoms with van der Waals surface area (Å²) in [6.07, 6.45) is 1.42. The number of halogens is 3. The third kappa shape index (κ3) is 2.55. The SMILES string of the molecule is Nc1nccc2ccc(OS(=O)(=O)C(F)(F)F)cc12. The van der Waals surface area contributed by atoms with Crippen molar-refractivity contribution in [1.29, 1.82) is 0 Å². The van der Waals surface area contributed by atoms with E-state index in [-0.39, 0.29) is 5.82 Å². The van der Waals surface area contributed by atoms with Crippen LogP contribution in [0.1, 0.15) is 0 Å². The summed E-state index contributed by atoms with van der Waals surface area (Å²) < 4.78 is 62.2. The average molecular weight is 292 g/mol. The minimum Gasteiger partial charge on any atom is -0.383 e. The molecule has 0 aliphatic carbocycles. The minimum atomic E-state index is -5.69. The number of hydrogen-bond donors (Lipinski definition) is 1. The van der Waals surface area contributed by atoms with Crippen molar-refractivity contribution in [3.63, 3.8) is 0 Å². The number of nitrogens with zero attached hydrogens (tertiary/aromatic N) is 1. The summed E-state index contributed by atoms with van der Waals surface area (Å²) in [6.45, 7) is 0. The van der Waals surface area contributed by atoms with E-state index in [2.05, 4.69) is 9.17 Å². The van der Waals surface area contributed by atoms with Gasteiger partial charge in [0.2, 0.25) is 0 Å². The molecule has 1 heterocycles. The zero-order valence-corrected chi connectivity index (χ0v) is 9.99. The lowest BCUT2D eigenvalue weighted by atomic mass is 10.1. The molecule has 0 aliphatic rings. The molecule has 19 heavy (non-hydrogen) atoms. The molecule has 9 heteroatoms. The second-order valence-electron chi connectivity index (χ2n) is 3.56. The molecule has 2 N–H and O–H groups in total. The fraction of sp³-hybridized carbons (Fsp3) is 0.100. The van der Waals surface area contributed by atoms with Gasteiger partial charge in [-0.3, -0.25) is 0 Å². The van der Waals surface area contributed by atoms with E-state index >= 15 is 0 Å². The molecule has 1 aromatic heterocycles. The molecule has 0 fully saturated rings. The molecular formula is C10H7F3N2O3S. The first kappa shape index (κ1) is 13.4. The molecule has 0 bridgehead atoms. The molecule has 0 amide bonds. The highest BCUT2D eigenvalue weighted by molar-refractivity contribution is 7.88. The molecule has 2 aromatic rings. The summed E-state index contributed by atoms with van der Waals surface area (Å²) >= 11 is 0. The van der Waals surface area contributed by atoms with Crippen LogP contribution in [0.5, 0.6) is 5.75 Å². The van der Waals surface area contributed by atoms with Crippen LogP contribution in [0, 0.1) is 0 Å². The van der Waals surface area contributed by atoms with Gasteiger partial charge in [-0.25, -0.2) is 4.98 Å². The third-order valence-electron chi connectivity index (χ3n) is 2.26. The van der Waals surface area contributed by atoms with Gasteiger partial charge in [0.25, 0.3) is 0 Å². The number of anilines is 1. The van der Waals surface area contributed by atoms with E-state index in [1.807, 2.05) is 0 Å². The van der Waals surface area contributed by atoms with Crippen LogP contribution in [-0.2, 0) is 10.1 Å². The van der Waals surface area contributed by atoms with Gasteiger partial charge in [0.05, 0.1) is 0 Å². The Labute approximate surface area is 105 Å². The van der Waals surface area contributed by atoms with E-state index in [0.29, 0.717) is 10.8 Å². The van der Waals surface area contributed by atoms with Gasteiger partial charge in [-0.2, -0.15) is 21.6 Å². The quantitative estimate of drug-likeness (QED) is 0.676. The van der Waals surface area contributed by atoms with Crippen LogP contribution in [0.2, 0.25) is 0 Å². The number of pyridine rings is 1. The number of alkyl halides is 3. The Morgan fingerprint density at radius 1 is 1.21 bits per heavy atom. The minimum absolute atomic E-state index is 0.0624. The van der Waals surface area contributed by atoms with E-state index in [1.165, 1.54) is 12.3 Å². The summed E-state index contributed by atoms with van der Waals surface area (Å²) in [7, 11) is -5.69. The molecule has 0 saturated carbocycles. The van der Waals surface area contributed by atoms with Gasteiger partial charge < -0.3 is 9.92 Å². The summed E-state index contributed by atoms with van der Waals surface area (Å²) in [6, 6.07) is 5.15. The summed E-state index contributed by atoms with van der Waals surface area (Å²) in [5.74, 6) is -0.420. The molecule has 0 atom stereocenters. The van der Waals surface area contributed by atoms with Gasteiger partial charge in [0, 0.05) is 11.6 Å². The van der Waals surface area contributed by atoms with Crippen molar-refractivity contribution in [2.45, 2.75) is 5.51 Å². The van der Waals surface area contributed by atoms with Crippen molar-refractivity contribution in [3.8, 4) is 5.75 Å². The second kappa shape index (κ2) is 4.26. The smallest absolute Gasteiger partial charge is 0.383 e. The maximum Gasteiger partial charge on any atom is 0.534 e. The van der Waals surface area contributed by atoms with Crippen LogP contribution in [-0.4, -0.2) is 18.9 Å². The van der Waals surface area contributed by atoms with Gasteiger partial charge in [0.1, 0.15) is 11.6 Å². The van der Waals surface area contributed by atoms with Crippen LogP contribution in [0.15, 0.2) is 30.5 Å². The lowest BCUT2D eigenvalue weighted by Gasteiger charge is -2.10. The Morgan fingerprint density at radius 2 is 1.89 bits per heavy atom. The average Bonchev–Trinajstić information content (AvgIpc) is 2.28. The van der Waals surface area contributed by atoms with Crippen molar-refractivity contribution in [3.05, 3.63) is 30.5 Å². The summed E-state index contributed by atoms with van der Waals surface area (Å²) in [5, 5.41) is 0.904. The maximum atomic E-state index is 12.2. The fourth-order valence-corrected chi connectivity index (χ4v) is 1.85. The van der Waals surface area contributed by atoms with Gasteiger partial charge in [0.15, 0.2) is 0 Å². The van der Waals surface area contributed by atoms with Crippen LogP contribution in [0.3, 0.4) is 0 Å². The van der Waals surface area contributed by atoms with Crippen molar-refractivity contribution < 1.29 is 25.8 Å². The third-order valence-corrected chi connectivity index (χ3v) is 3.24. The first-order valence-electron chi connectivity index (χ1n) is 4.86. The van der Waals surface area contributed by atoms with E-state index in [9.17, 15) is 21.6 Å². The number of aromatic nitrogens is 1. The van der Waals surface area contributed by atoms with Crippen molar-refractivity contribution >= 4 is 26.7 Å². The predicted molar refractivity (Wildman–Crippen MR) is 61.8 cm³/mol. The van der Waals surface area contributed by atoms with Crippen LogP contribution in [0.25, 0.3) is 10.8 Å². The Morgan fingerprint density at radius 3 is 2.53 bits per heavy atom. The Bertz CT molecular complexity index is 728. The Balaban J connectivity index is 2.46. The van der Waals surface area contributed by atoms with Gasteiger partial charge in [-0.15, -0.1) is 0 Å². The fourth-order valence-electron chi connectivity index (χ4n) is 1.40. The molecule has 102 valence electrons. The summed E-state index contributed by atoms with van der Waals surface area (Å²) in [5.41, 5.74) is 0.0526. The van der Waals surface area contributed by atoms with E-state index in [4.69, 9.17) is 5.73 Å². The van der Waals surface area contributed by atoms with Crippen LogP contribution >= 0.6 is 0 Å². The topological polar surface area (TPSA) is 82.3 Å². The molecule has 0 aliphatic heterocycles. The highest BCUT2D eigenvalue weighted by Gasteiger charge is 2.48. The number of nitrogens with two attached hydrogens (primary N) is 1. The van der Waals surface area contributed by atoms with Gasteiger partial charge in [-0.1, -0.05) is 6.07 Å². The van der Waals surface area contributed by atoms with E-state index < -0.39 is 21.4 Å². The largest absolute Gasteiger partial charge is 0.534 e. The number of fused-ring (bicyclic) bond motifs is 1. The van der Waals surface area contributed by atoms with Crippen molar-refractivity contribution in [2.24, 2.45) is 0 Å². The number of rotatable bonds is 2. The standard InChI is InChI=1S/C10H7F3N2O3S/c11-10(12,13)19(16,17)18-7-2-1-6-3-4-15-9(14)8(6)5-7/h1-5H,(H2,14,15). The van der Waals surface area contributed by atoms with Gasteiger partial charge >= 0.3 is 15.6 Å². The molecule has 0 unspecified atom stereocenters. The monoisotopic (exact) mass is 292 g/mol. The van der Waals surface area contributed by atoms with Crippen molar-refractivity contribution in [1.82, 2.24) is 4.98 Å². The maximum absolute atomic E-state index is 12.2. The first-order valence-corrected chi connectivity index (χ1v) is 6.26. The van der Waals surface area contributed by atoms with Gasteiger partial charge in [-0.05, 0) is 23.6 Å². The van der Waals surface area contributed by atoms with Crippen molar-refractivity contribution in [2.75, 3.05) is 5.73 Å². The Hall–Kier alpha value is -2.03. The molecule has 0 spiro atoms. The predicted octanol–water partition coefficient (Wildman–Crippen LogP) is 2.05. The zero-order chi connectivity index (χ0) is 14.3. The molecule has 0 saturated heterocycles. The Kier molecular flexibility index (Phi) is 3.01. The highest BCUT2D eigenvalue weighted by atomic mass is 32.2. The van der Waals surface area contributed by atoms with Crippen LogP contribution < -0.4 is 9.92 Å². The molecule has 5 nitrogen and oxygen atoms in total. The first-order chi connectivity index (χ1) is 8.71. The lowest BCUT2D eigenvalue weighted by Crippen LogP contribution is -2.28. The highest BCUT2D eigenvalue weighted by Crippen LogP contribution is 2.29. The second-order valence-corrected chi connectivity index (χ2v) is 5.10.